The molecule has 0 atom stereocenters. The van der Waals surface area contributed by atoms with Crippen LogP contribution in [0.15, 0.2) is 24.3 Å². The largest absolute Gasteiger partial charge is 0.381 e. The third-order valence-corrected chi connectivity index (χ3v) is 3.31. The van der Waals surface area contributed by atoms with Crippen molar-refractivity contribution in [3.05, 3.63) is 24.3 Å². The summed E-state index contributed by atoms with van der Waals surface area (Å²) < 4.78 is 0. The van der Waals surface area contributed by atoms with Gasteiger partial charge in [-0.1, -0.05) is 19.1 Å². The quantitative estimate of drug-likeness (QED) is 0.828. The van der Waals surface area contributed by atoms with E-state index in [-0.39, 0.29) is 0 Å². The van der Waals surface area contributed by atoms with Crippen molar-refractivity contribution in [2.45, 2.75) is 25.8 Å². The van der Waals surface area contributed by atoms with E-state index in [2.05, 4.69) is 22.2 Å². The molecule has 88 valence electrons. The standard InChI is InChI=1S/C13H16N4/c1-8-6-9(7-8)15-13-12(14)16-10-4-2-3-5-11(10)17-13/h2-5,8-9H,6-7H2,1H3,(H2,14,16)(H,15,17). The van der Waals surface area contributed by atoms with Crippen LogP contribution in [0.5, 0.6) is 0 Å². The maximum Gasteiger partial charge on any atom is 0.169 e. The fraction of sp³-hybridized carbons (Fsp3) is 0.385. The number of nitrogens with one attached hydrogen (secondary N) is 1. The van der Waals surface area contributed by atoms with Gasteiger partial charge in [-0.25, -0.2) is 9.97 Å². The Morgan fingerprint density at radius 1 is 1.18 bits per heavy atom. The Bertz CT molecular complexity index is 546. The van der Waals surface area contributed by atoms with Gasteiger partial charge in [0.2, 0.25) is 0 Å². The first-order valence-corrected chi connectivity index (χ1v) is 6.01. The monoisotopic (exact) mass is 228 g/mol. The van der Waals surface area contributed by atoms with Gasteiger partial charge in [-0.15, -0.1) is 0 Å². The SMILES string of the molecule is CC1CC(Nc2nc3ccccc3nc2N)C1. The Hall–Kier alpha value is -1.84. The number of para-hydroxylation sites is 2. The summed E-state index contributed by atoms with van der Waals surface area (Å²) in [6.45, 7) is 2.26. The topological polar surface area (TPSA) is 63.8 Å². The molecule has 1 heterocycles. The Kier molecular flexibility index (Phi) is 2.35. The fourth-order valence-corrected chi connectivity index (χ4v) is 2.33. The number of hydrogen-bond donors (Lipinski definition) is 2. The molecule has 1 saturated carbocycles. The van der Waals surface area contributed by atoms with E-state index in [1.165, 1.54) is 12.8 Å². The van der Waals surface area contributed by atoms with Crippen molar-refractivity contribution >= 4 is 22.7 Å². The predicted octanol–water partition coefficient (Wildman–Crippen LogP) is 2.42. The second kappa shape index (κ2) is 3.87. The van der Waals surface area contributed by atoms with Gasteiger partial charge >= 0.3 is 0 Å². The minimum absolute atomic E-state index is 0.489. The number of benzene rings is 1. The van der Waals surface area contributed by atoms with Crippen molar-refractivity contribution in [1.82, 2.24) is 9.97 Å². The van der Waals surface area contributed by atoms with Crippen molar-refractivity contribution < 1.29 is 0 Å². The molecular weight excluding hydrogens is 212 g/mol. The molecule has 0 unspecified atom stereocenters. The highest BCUT2D eigenvalue weighted by atomic mass is 15.1. The van der Waals surface area contributed by atoms with E-state index < -0.39 is 0 Å². The highest BCUT2D eigenvalue weighted by Crippen LogP contribution is 2.30. The summed E-state index contributed by atoms with van der Waals surface area (Å²) in [5, 5.41) is 3.37. The number of rotatable bonds is 2. The van der Waals surface area contributed by atoms with Crippen molar-refractivity contribution in [3.63, 3.8) is 0 Å². The van der Waals surface area contributed by atoms with E-state index >= 15 is 0 Å². The van der Waals surface area contributed by atoms with E-state index in [1.807, 2.05) is 24.3 Å². The van der Waals surface area contributed by atoms with Gasteiger partial charge in [-0.2, -0.15) is 0 Å². The molecule has 2 aromatic rings. The van der Waals surface area contributed by atoms with Crippen molar-refractivity contribution in [1.29, 1.82) is 0 Å². The smallest absolute Gasteiger partial charge is 0.169 e. The van der Waals surface area contributed by atoms with Gasteiger partial charge < -0.3 is 11.1 Å². The van der Waals surface area contributed by atoms with E-state index in [0.717, 1.165) is 22.8 Å². The number of hydrogen-bond acceptors (Lipinski definition) is 4. The molecule has 0 aliphatic heterocycles. The molecule has 0 bridgehead atoms. The van der Waals surface area contributed by atoms with E-state index in [0.29, 0.717) is 11.9 Å². The molecule has 1 aliphatic carbocycles. The summed E-state index contributed by atoms with van der Waals surface area (Å²) in [6, 6.07) is 8.28. The van der Waals surface area contributed by atoms with Crippen molar-refractivity contribution in [2.75, 3.05) is 11.1 Å². The first-order valence-electron chi connectivity index (χ1n) is 6.01. The van der Waals surface area contributed by atoms with Crippen LogP contribution in [0.2, 0.25) is 0 Å². The minimum Gasteiger partial charge on any atom is -0.381 e. The van der Waals surface area contributed by atoms with Gasteiger partial charge in [-0.3, -0.25) is 0 Å². The third kappa shape index (κ3) is 1.90. The summed E-state index contributed by atoms with van der Waals surface area (Å²) >= 11 is 0. The highest BCUT2D eigenvalue weighted by Gasteiger charge is 2.26. The lowest BCUT2D eigenvalue weighted by Crippen LogP contribution is -2.34. The van der Waals surface area contributed by atoms with Gasteiger partial charge in [0, 0.05) is 6.04 Å². The average molecular weight is 228 g/mol. The zero-order valence-corrected chi connectivity index (χ0v) is 9.85. The van der Waals surface area contributed by atoms with Crippen LogP contribution in [0.1, 0.15) is 19.8 Å². The molecule has 1 fully saturated rings. The first kappa shape index (κ1) is 10.3. The van der Waals surface area contributed by atoms with Crippen molar-refractivity contribution in [2.24, 2.45) is 5.92 Å². The minimum atomic E-state index is 0.489. The Morgan fingerprint density at radius 3 is 2.47 bits per heavy atom. The van der Waals surface area contributed by atoms with E-state index in [9.17, 15) is 0 Å². The zero-order chi connectivity index (χ0) is 11.8. The van der Waals surface area contributed by atoms with Crippen LogP contribution in [-0.4, -0.2) is 16.0 Å². The van der Waals surface area contributed by atoms with Crippen LogP contribution >= 0.6 is 0 Å². The molecule has 1 aliphatic rings. The second-order valence-electron chi connectivity index (χ2n) is 4.86. The lowest BCUT2D eigenvalue weighted by molar-refractivity contribution is 0.308. The Morgan fingerprint density at radius 2 is 1.82 bits per heavy atom. The predicted molar refractivity (Wildman–Crippen MR) is 69.8 cm³/mol. The highest BCUT2D eigenvalue weighted by molar-refractivity contribution is 5.79. The van der Waals surface area contributed by atoms with Gasteiger partial charge in [0.25, 0.3) is 0 Å². The molecule has 1 aromatic heterocycles. The van der Waals surface area contributed by atoms with Crippen LogP contribution in [0, 0.1) is 5.92 Å². The van der Waals surface area contributed by atoms with Crippen LogP contribution in [0.4, 0.5) is 11.6 Å². The fourth-order valence-electron chi connectivity index (χ4n) is 2.33. The van der Waals surface area contributed by atoms with Crippen LogP contribution in [0.3, 0.4) is 0 Å². The van der Waals surface area contributed by atoms with Gasteiger partial charge in [0.1, 0.15) is 0 Å². The summed E-state index contributed by atoms with van der Waals surface area (Å²) in [7, 11) is 0. The number of nitrogens with two attached hydrogens (primary N) is 1. The molecule has 0 radical (unpaired) electrons. The van der Waals surface area contributed by atoms with Gasteiger partial charge in [-0.05, 0) is 30.9 Å². The molecule has 3 N–H and O–H groups in total. The van der Waals surface area contributed by atoms with Crippen LogP contribution in [-0.2, 0) is 0 Å². The maximum absolute atomic E-state index is 5.91. The third-order valence-electron chi connectivity index (χ3n) is 3.31. The second-order valence-corrected chi connectivity index (χ2v) is 4.86. The number of nitrogen functional groups attached to an aromatic ring is 1. The molecule has 3 rings (SSSR count). The molecule has 1 aromatic carbocycles. The molecular formula is C13H16N4. The summed E-state index contributed by atoms with van der Waals surface area (Å²) in [4.78, 5) is 8.88. The molecule has 0 saturated heterocycles. The van der Waals surface area contributed by atoms with Crippen molar-refractivity contribution in [3.8, 4) is 0 Å². The average Bonchev–Trinajstić information content (AvgIpc) is 2.28. The van der Waals surface area contributed by atoms with Crippen LogP contribution in [0.25, 0.3) is 11.0 Å². The number of fused-ring (bicyclic) bond motifs is 1. The molecule has 0 spiro atoms. The van der Waals surface area contributed by atoms with E-state index in [4.69, 9.17) is 5.73 Å². The lowest BCUT2D eigenvalue weighted by atomic mass is 9.82. The number of anilines is 2. The lowest BCUT2D eigenvalue weighted by Gasteiger charge is -2.33. The summed E-state index contributed by atoms with van der Waals surface area (Å²) in [5.41, 5.74) is 7.64. The van der Waals surface area contributed by atoms with E-state index in [1.54, 1.807) is 0 Å². The molecule has 4 nitrogen and oxygen atoms in total. The first-order chi connectivity index (χ1) is 8.22. The van der Waals surface area contributed by atoms with Crippen LogP contribution < -0.4 is 11.1 Å². The van der Waals surface area contributed by atoms with Gasteiger partial charge in [0.05, 0.1) is 11.0 Å². The normalized spacial score (nSPS) is 23.4. The Balaban J connectivity index is 1.90. The molecule has 4 heteroatoms. The Labute approximate surface area is 100 Å². The zero-order valence-electron chi connectivity index (χ0n) is 9.85. The molecule has 17 heavy (non-hydrogen) atoms. The maximum atomic E-state index is 5.91. The summed E-state index contributed by atoms with van der Waals surface area (Å²) in [6.07, 6.45) is 2.38. The summed E-state index contributed by atoms with van der Waals surface area (Å²) in [5.74, 6) is 2.02. The number of nitrogens with zero attached hydrogens (tertiary/aromatic N) is 2. The van der Waals surface area contributed by atoms with Gasteiger partial charge in [0.15, 0.2) is 11.6 Å². The molecule has 0 amide bonds. The number of aromatic nitrogens is 2.